The molecule has 4 rings (SSSR count). The molecule has 1 aromatic carbocycles. The molecule has 0 unspecified atom stereocenters. The summed E-state index contributed by atoms with van der Waals surface area (Å²) in [6.07, 6.45) is 4.78. The summed E-state index contributed by atoms with van der Waals surface area (Å²) in [5.74, 6) is 0. The fourth-order valence-electron chi connectivity index (χ4n) is 3.11. The molecule has 3 aromatic rings. The first-order chi connectivity index (χ1) is 9.83. The lowest BCUT2D eigenvalue weighted by Crippen LogP contribution is -2.07. The van der Waals surface area contributed by atoms with Gasteiger partial charge in [-0.1, -0.05) is 30.3 Å². The molecule has 0 spiro atoms. The highest BCUT2D eigenvalue weighted by atomic mass is 32.1. The first-order valence-corrected chi connectivity index (χ1v) is 7.99. The second-order valence-electron chi connectivity index (χ2n) is 5.37. The number of pyridine rings is 1. The lowest BCUT2D eigenvalue weighted by molar-refractivity contribution is 0.672. The fraction of sp³-hybridized carbons (Fsp3) is 0.294. The maximum Gasteiger partial charge on any atom is 0.171 e. The molecule has 0 saturated heterocycles. The van der Waals surface area contributed by atoms with E-state index >= 15 is 0 Å². The van der Waals surface area contributed by atoms with Crippen LogP contribution in [0.3, 0.4) is 0 Å². The van der Waals surface area contributed by atoms with E-state index in [4.69, 9.17) is 4.98 Å². The zero-order valence-electron chi connectivity index (χ0n) is 11.5. The average Bonchev–Trinajstić information content (AvgIpc) is 2.85. The molecule has 3 heteroatoms. The van der Waals surface area contributed by atoms with E-state index in [-0.39, 0.29) is 0 Å². The van der Waals surface area contributed by atoms with Crippen LogP contribution in [0, 0.1) is 6.92 Å². The van der Waals surface area contributed by atoms with Crippen LogP contribution in [0.25, 0.3) is 21.5 Å². The zero-order chi connectivity index (χ0) is 13.5. The topological polar surface area (TPSA) is 25.8 Å². The van der Waals surface area contributed by atoms with Crippen LogP contribution in [0.1, 0.15) is 29.1 Å². The summed E-state index contributed by atoms with van der Waals surface area (Å²) in [4.78, 5) is 9.44. The number of nitrogens with zero attached hydrogens (tertiary/aromatic N) is 2. The zero-order valence-corrected chi connectivity index (χ0v) is 12.3. The van der Waals surface area contributed by atoms with Gasteiger partial charge in [0, 0.05) is 11.3 Å². The smallest absolute Gasteiger partial charge is 0.171 e. The van der Waals surface area contributed by atoms with Gasteiger partial charge in [-0.3, -0.25) is 0 Å². The van der Waals surface area contributed by atoms with Crippen molar-refractivity contribution < 1.29 is 0 Å². The summed E-state index contributed by atoms with van der Waals surface area (Å²) in [6, 6.07) is 10.7. The van der Waals surface area contributed by atoms with Crippen LogP contribution >= 0.6 is 11.3 Å². The van der Waals surface area contributed by atoms with E-state index < -0.39 is 0 Å². The molecule has 0 radical (unpaired) electrons. The van der Waals surface area contributed by atoms with Crippen molar-refractivity contribution in [1.29, 1.82) is 0 Å². The van der Waals surface area contributed by atoms with Crippen molar-refractivity contribution in [3.05, 3.63) is 46.6 Å². The molecular formula is C17H16N2S. The predicted octanol–water partition coefficient (Wildman–Crippen LogP) is 4.55. The van der Waals surface area contributed by atoms with E-state index in [9.17, 15) is 0 Å². The molecular weight excluding hydrogens is 264 g/mol. The Morgan fingerprint density at radius 1 is 1.00 bits per heavy atom. The summed E-state index contributed by atoms with van der Waals surface area (Å²) in [5, 5.41) is 1.10. The van der Waals surface area contributed by atoms with Crippen LogP contribution < -0.4 is 0 Å². The van der Waals surface area contributed by atoms with Crippen molar-refractivity contribution in [2.75, 3.05) is 0 Å². The van der Waals surface area contributed by atoms with Crippen molar-refractivity contribution in [2.45, 2.75) is 32.6 Å². The molecule has 0 amide bonds. The summed E-state index contributed by atoms with van der Waals surface area (Å²) < 4.78 is 1.26. The summed E-state index contributed by atoms with van der Waals surface area (Å²) >= 11 is 1.77. The van der Waals surface area contributed by atoms with Crippen LogP contribution in [0.15, 0.2) is 30.3 Å². The van der Waals surface area contributed by atoms with Crippen molar-refractivity contribution in [3.63, 3.8) is 0 Å². The van der Waals surface area contributed by atoms with E-state index in [0.717, 1.165) is 23.5 Å². The van der Waals surface area contributed by atoms with Gasteiger partial charge in [0.1, 0.15) is 0 Å². The van der Waals surface area contributed by atoms with Gasteiger partial charge < -0.3 is 0 Å². The number of aromatic nitrogens is 2. The Balaban J connectivity index is 2.10. The second kappa shape index (κ2) is 4.67. The van der Waals surface area contributed by atoms with Crippen molar-refractivity contribution in [3.8, 4) is 11.1 Å². The molecule has 0 bridgehead atoms. The van der Waals surface area contributed by atoms with Gasteiger partial charge in [0.25, 0.3) is 0 Å². The minimum Gasteiger partial charge on any atom is -0.232 e. The van der Waals surface area contributed by atoms with Gasteiger partial charge in [-0.05, 0) is 43.7 Å². The van der Waals surface area contributed by atoms with Crippen LogP contribution in [-0.2, 0) is 12.8 Å². The Kier molecular flexibility index (Phi) is 2.81. The Hall–Kier alpha value is -1.74. The van der Waals surface area contributed by atoms with Crippen LogP contribution in [0.2, 0.25) is 0 Å². The minimum atomic E-state index is 0.937. The van der Waals surface area contributed by atoms with Crippen LogP contribution in [0.4, 0.5) is 0 Å². The summed E-state index contributed by atoms with van der Waals surface area (Å²) in [7, 11) is 0. The molecule has 1 aliphatic carbocycles. The van der Waals surface area contributed by atoms with Crippen molar-refractivity contribution in [2.24, 2.45) is 0 Å². The van der Waals surface area contributed by atoms with E-state index in [1.54, 1.807) is 11.3 Å². The number of aryl methyl sites for hydroxylation is 2. The lowest BCUT2D eigenvalue weighted by Gasteiger charge is -2.19. The summed E-state index contributed by atoms with van der Waals surface area (Å²) in [6.45, 7) is 2.07. The van der Waals surface area contributed by atoms with E-state index in [0.29, 0.717) is 0 Å². The van der Waals surface area contributed by atoms with Gasteiger partial charge in [-0.25, -0.2) is 9.97 Å². The van der Waals surface area contributed by atoms with E-state index in [1.165, 1.54) is 39.9 Å². The molecule has 1 aliphatic rings. The maximum absolute atomic E-state index is 4.82. The van der Waals surface area contributed by atoms with E-state index in [1.807, 2.05) is 0 Å². The normalized spacial score (nSPS) is 14.4. The molecule has 0 fully saturated rings. The fourth-order valence-corrected chi connectivity index (χ4v) is 4.06. The molecule has 0 N–H and O–H groups in total. The largest absolute Gasteiger partial charge is 0.232 e. The van der Waals surface area contributed by atoms with E-state index in [2.05, 4.69) is 42.2 Å². The molecule has 0 aliphatic heterocycles. The van der Waals surface area contributed by atoms with Crippen LogP contribution in [-0.4, -0.2) is 9.97 Å². The van der Waals surface area contributed by atoms with Gasteiger partial charge >= 0.3 is 0 Å². The Morgan fingerprint density at radius 3 is 2.65 bits per heavy atom. The number of benzene rings is 1. The third kappa shape index (κ3) is 1.85. The number of thiazole rings is 1. The van der Waals surface area contributed by atoms with Crippen molar-refractivity contribution in [1.82, 2.24) is 9.97 Å². The standard InChI is InChI=1S/C17H16N2S/c1-11-18-17-16(20-11)15(12-7-3-2-4-8-12)13-9-5-6-10-14(13)19-17/h2-4,7-8H,5-6,9-10H2,1H3. The number of rotatable bonds is 1. The highest BCUT2D eigenvalue weighted by molar-refractivity contribution is 7.19. The van der Waals surface area contributed by atoms with Gasteiger partial charge in [0.2, 0.25) is 0 Å². The molecule has 2 nitrogen and oxygen atoms in total. The second-order valence-corrected chi connectivity index (χ2v) is 6.57. The maximum atomic E-state index is 4.82. The summed E-state index contributed by atoms with van der Waals surface area (Å²) in [5.41, 5.74) is 6.36. The third-order valence-corrected chi connectivity index (χ3v) is 4.96. The lowest BCUT2D eigenvalue weighted by atomic mass is 9.89. The SMILES string of the molecule is Cc1nc2nc3c(c(-c4ccccc4)c2s1)CCCC3. The monoisotopic (exact) mass is 280 g/mol. The van der Waals surface area contributed by atoms with Gasteiger partial charge in [-0.2, -0.15) is 0 Å². The van der Waals surface area contributed by atoms with Gasteiger partial charge in [0.05, 0.1) is 9.71 Å². The van der Waals surface area contributed by atoms with Gasteiger partial charge in [-0.15, -0.1) is 11.3 Å². The first-order valence-electron chi connectivity index (χ1n) is 7.17. The number of hydrogen-bond acceptors (Lipinski definition) is 3. The molecule has 100 valence electrons. The van der Waals surface area contributed by atoms with Gasteiger partial charge in [0.15, 0.2) is 5.65 Å². The highest BCUT2D eigenvalue weighted by Gasteiger charge is 2.21. The Labute approximate surface area is 122 Å². The molecule has 0 atom stereocenters. The average molecular weight is 280 g/mol. The van der Waals surface area contributed by atoms with Crippen molar-refractivity contribution >= 4 is 21.7 Å². The third-order valence-electron chi connectivity index (χ3n) is 3.99. The highest BCUT2D eigenvalue weighted by Crippen LogP contribution is 2.38. The quantitative estimate of drug-likeness (QED) is 0.653. The molecule has 2 heterocycles. The Bertz CT molecular complexity index is 775. The number of hydrogen-bond donors (Lipinski definition) is 0. The molecule has 20 heavy (non-hydrogen) atoms. The van der Waals surface area contributed by atoms with Crippen LogP contribution in [0.5, 0.6) is 0 Å². The molecule has 2 aromatic heterocycles. The first kappa shape index (κ1) is 12.0. The molecule has 0 saturated carbocycles. The Morgan fingerprint density at radius 2 is 1.80 bits per heavy atom. The predicted molar refractivity (Wildman–Crippen MR) is 84.2 cm³/mol. The minimum absolute atomic E-state index is 0.937. The number of fused-ring (bicyclic) bond motifs is 2.